The van der Waals surface area contributed by atoms with Gasteiger partial charge in [-0.2, -0.15) is 0 Å². The number of carbonyl (C=O) groups excluding carboxylic acids is 1. The first-order chi connectivity index (χ1) is 14.7. The molecule has 3 unspecified atom stereocenters. The molecule has 6 heteroatoms. The van der Waals surface area contributed by atoms with Crippen LogP contribution in [0.15, 0.2) is 24.3 Å². The first kappa shape index (κ1) is 24.2. The van der Waals surface area contributed by atoms with Gasteiger partial charge in [0.05, 0.1) is 18.1 Å². The second-order valence-electron chi connectivity index (χ2n) is 9.87. The van der Waals surface area contributed by atoms with Crippen LogP contribution in [-0.2, 0) is 14.6 Å². The first-order valence-corrected chi connectivity index (χ1v) is 13.9. The van der Waals surface area contributed by atoms with Crippen LogP contribution in [0.1, 0.15) is 89.3 Å². The Labute approximate surface area is 188 Å². The average molecular weight is 449 g/mol. The van der Waals surface area contributed by atoms with Crippen LogP contribution in [0.3, 0.4) is 0 Å². The zero-order valence-electron chi connectivity index (χ0n) is 19.6. The lowest BCUT2D eigenvalue weighted by Crippen LogP contribution is -2.50. The maximum Gasteiger partial charge on any atom is 0.237 e. The third-order valence-corrected chi connectivity index (χ3v) is 8.98. The summed E-state index contributed by atoms with van der Waals surface area (Å²) in [6.45, 7) is 9.04. The van der Waals surface area contributed by atoms with Crippen molar-refractivity contribution in [3.8, 4) is 0 Å². The van der Waals surface area contributed by atoms with Crippen LogP contribution < -0.4 is 5.32 Å². The number of nitrogens with one attached hydrogen (secondary N) is 1. The molecule has 3 atom stereocenters. The van der Waals surface area contributed by atoms with Crippen LogP contribution in [0.4, 0.5) is 0 Å². The molecule has 2 aliphatic rings. The monoisotopic (exact) mass is 448 g/mol. The molecule has 2 fully saturated rings. The van der Waals surface area contributed by atoms with E-state index in [0.29, 0.717) is 18.3 Å². The van der Waals surface area contributed by atoms with E-state index in [1.54, 1.807) is 0 Å². The van der Waals surface area contributed by atoms with E-state index in [4.69, 9.17) is 0 Å². The van der Waals surface area contributed by atoms with Crippen molar-refractivity contribution in [2.45, 2.75) is 90.3 Å². The van der Waals surface area contributed by atoms with Gasteiger partial charge in [0.1, 0.15) is 0 Å². The van der Waals surface area contributed by atoms with Crippen LogP contribution in [0, 0.1) is 5.92 Å². The van der Waals surface area contributed by atoms with Crippen molar-refractivity contribution in [1.82, 2.24) is 10.2 Å². The molecule has 174 valence electrons. The van der Waals surface area contributed by atoms with E-state index >= 15 is 0 Å². The molecule has 0 bridgehead atoms. The molecule has 1 aliphatic heterocycles. The van der Waals surface area contributed by atoms with Crippen molar-refractivity contribution in [2.24, 2.45) is 5.92 Å². The molecule has 0 spiro atoms. The first-order valence-electron chi connectivity index (χ1n) is 12.1. The molecule has 1 aromatic carbocycles. The fourth-order valence-electron chi connectivity index (χ4n) is 5.18. The summed E-state index contributed by atoms with van der Waals surface area (Å²) in [5.74, 6) is 1.27. The summed E-state index contributed by atoms with van der Waals surface area (Å²) >= 11 is 0. The maximum atomic E-state index is 13.3. The van der Waals surface area contributed by atoms with Crippen LogP contribution in [-0.4, -0.2) is 49.4 Å². The van der Waals surface area contributed by atoms with Crippen molar-refractivity contribution in [3.05, 3.63) is 35.4 Å². The highest BCUT2D eigenvalue weighted by atomic mass is 32.2. The summed E-state index contributed by atoms with van der Waals surface area (Å²) in [5.41, 5.74) is 2.55. The zero-order valence-corrected chi connectivity index (χ0v) is 20.5. The average Bonchev–Trinajstić information content (AvgIpc) is 3.38. The second-order valence-corrected chi connectivity index (χ2v) is 12.1. The molecule has 3 rings (SSSR count). The van der Waals surface area contributed by atoms with Crippen molar-refractivity contribution in [2.75, 3.05) is 18.1 Å². The summed E-state index contributed by atoms with van der Waals surface area (Å²) in [4.78, 5) is 15.3. The van der Waals surface area contributed by atoms with Gasteiger partial charge < -0.3 is 10.2 Å². The van der Waals surface area contributed by atoms with Gasteiger partial charge in [0.2, 0.25) is 5.91 Å². The zero-order chi connectivity index (χ0) is 22.6. The van der Waals surface area contributed by atoms with Crippen molar-refractivity contribution in [3.63, 3.8) is 0 Å². The topological polar surface area (TPSA) is 66.5 Å². The molecule has 1 saturated carbocycles. The fraction of sp³-hybridized carbons (Fsp3) is 0.720. The lowest BCUT2D eigenvalue weighted by Gasteiger charge is -2.35. The number of nitrogens with zero attached hydrogens (tertiary/aromatic N) is 1. The summed E-state index contributed by atoms with van der Waals surface area (Å²) < 4.78 is 24.1. The molecule has 1 aromatic rings. The molecule has 1 amide bonds. The predicted octanol–water partition coefficient (Wildman–Crippen LogP) is 4.45. The van der Waals surface area contributed by atoms with Gasteiger partial charge in [0.25, 0.3) is 0 Å². The quantitative estimate of drug-likeness (QED) is 0.606. The van der Waals surface area contributed by atoms with Crippen LogP contribution in [0.25, 0.3) is 0 Å². The minimum atomic E-state index is -3.02. The molecular formula is C25H40N2O3S. The number of amides is 1. The van der Waals surface area contributed by atoms with Gasteiger partial charge in [-0.15, -0.1) is 0 Å². The smallest absolute Gasteiger partial charge is 0.237 e. The molecule has 1 heterocycles. The fourth-order valence-corrected chi connectivity index (χ4v) is 6.89. The van der Waals surface area contributed by atoms with Crippen LogP contribution >= 0.6 is 0 Å². The predicted molar refractivity (Wildman–Crippen MR) is 127 cm³/mol. The van der Waals surface area contributed by atoms with Gasteiger partial charge in [-0.1, -0.05) is 64.8 Å². The summed E-state index contributed by atoms with van der Waals surface area (Å²) in [6, 6.07) is 8.90. The molecule has 0 aromatic heterocycles. The van der Waals surface area contributed by atoms with E-state index in [2.05, 4.69) is 57.3 Å². The Morgan fingerprint density at radius 2 is 1.65 bits per heavy atom. The van der Waals surface area contributed by atoms with Gasteiger partial charge in [0, 0.05) is 18.1 Å². The Morgan fingerprint density at radius 3 is 2.16 bits per heavy atom. The highest BCUT2D eigenvalue weighted by molar-refractivity contribution is 7.91. The third-order valence-electron chi connectivity index (χ3n) is 7.22. The van der Waals surface area contributed by atoms with Gasteiger partial charge in [-0.25, -0.2) is 8.42 Å². The van der Waals surface area contributed by atoms with E-state index < -0.39 is 9.84 Å². The molecule has 1 saturated heterocycles. The van der Waals surface area contributed by atoms with E-state index in [1.807, 2.05) is 4.90 Å². The van der Waals surface area contributed by atoms with Crippen molar-refractivity contribution < 1.29 is 13.2 Å². The van der Waals surface area contributed by atoms with E-state index in [0.717, 1.165) is 32.1 Å². The number of hydrogen-bond acceptors (Lipinski definition) is 4. The van der Waals surface area contributed by atoms with E-state index in [1.165, 1.54) is 11.1 Å². The van der Waals surface area contributed by atoms with Gasteiger partial charge in [-0.05, 0) is 48.6 Å². The van der Waals surface area contributed by atoms with Gasteiger partial charge in [-0.3, -0.25) is 4.79 Å². The van der Waals surface area contributed by atoms with E-state index in [9.17, 15) is 13.2 Å². The van der Waals surface area contributed by atoms with Gasteiger partial charge in [0.15, 0.2) is 9.84 Å². The summed E-state index contributed by atoms with van der Waals surface area (Å²) in [6.07, 6.45) is 5.93. The molecule has 31 heavy (non-hydrogen) atoms. The normalized spacial score (nSPS) is 23.2. The molecule has 1 aliphatic carbocycles. The number of sulfone groups is 1. The second kappa shape index (κ2) is 10.5. The number of hydrogen-bond donors (Lipinski definition) is 1. The minimum Gasteiger partial charge on any atom is -0.335 e. The van der Waals surface area contributed by atoms with Crippen molar-refractivity contribution in [1.29, 1.82) is 0 Å². The minimum absolute atomic E-state index is 0.0517. The number of carbonyl (C=O) groups is 1. The van der Waals surface area contributed by atoms with Crippen LogP contribution in [0.5, 0.6) is 0 Å². The Kier molecular flexibility index (Phi) is 8.19. The standard InChI is InChI=1S/C25H40N2O3S/c1-5-19(4)20-10-12-21(13-11-20)25(18(2)3)26-16-24(28)27(22-8-6-7-9-22)23-14-15-31(29,30)17-23/h10-13,18-19,22-23,25-26H,5-9,14-17H2,1-4H3. The SMILES string of the molecule is CCC(C)c1ccc(C(NCC(=O)N(C2CCCC2)C2CCS(=O)(=O)C2)C(C)C)cc1. The van der Waals surface area contributed by atoms with Crippen molar-refractivity contribution >= 4 is 15.7 Å². The summed E-state index contributed by atoms with van der Waals surface area (Å²) in [7, 11) is -3.02. The molecular weight excluding hydrogens is 408 g/mol. The van der Waals surface area contributed by atoms with E-state index in [-0.39, 0.29) is 42.1 Å². The number of benzene rings is 1. The maximum absolute atomic E-state index is 13.3. The number of rotatable bonds is 9. The lowest BCUT2D eigenvalue weighted by atomic mass is 9.92. The molecule has 1 N–H and O–H groups in total. The van der Waals surface area contributed by atoms with Crippen LogP contribution in [0.2, 0.25) is 0 Å². The Bertz CT molecular complexity index is 829. The highest BCUT2D eigenvalue weighted by Crippen LogP contribution is 2.30. The Balaban J connectivity index is 1.70. The molecule has 0 radical (unpaired) electrons. The molecule has 5 nitrogen and oxygen atoms in total. The highest BCUT2D eigenvalue weighted by Gasteiger charge is 2.39. The third kappa shape index (κ3) is 6.10. The summed E-state index contributed by atoms with van der Waals surface area (Å²) in [5, 5.41) is 3.51. The van der Waals surface area contributed by atoms with Gasteiger partial charge >= 0.3 is 0 Å². The lowest BCUT2D eigenvalue weighted by molar-refractivity contribution is -0.134. The largest absolute Gasteiger partial charge is 0.335 e. The Hall–Kier alpha value is -1.40. The Morgan fingerprint density at radius 1 is 1.03 bits per heavy atom.